The number of hydrogen-bond acceptors (Lipinski definition) is 3. The van der Waals surface area contributed by atoms with E-state index in [4.69, 9.17) is 16.6 Å². The van der Waals surface area contributed by atoms with E-state index in [1.165, 1.54) is 0 Å². The van der Waals surface area contributed by atoms with Crippen molar-refractivity contribution >= 4 is 17.4 Å². The maximum absolute atomic E-state index is 5.98. The van der Waals surface area contributed by atoms with Crippen LogP contribution in [0.4, 0.5) is 5.82 Å². The zero-order valence-corrected chi connectivity index (χ0v) is 13.1. The second-order valence-electron chi connectivity index (χ2n) is 5.02. The normalized spacial score (nSPS) is 10.8. The van der Waals surface area contributed by atoms with Crippen molar-refractivity contribution in [1.82, 2.24) is 14.5 Å². The van der Waals surface area contributed by atoms with Crippen molar-refractivity contribution in [2.75, 3.05) is 11.9 Å². The maximum Gasteiger partial charge on any atom is 0.129 e. The van der Waals surface area contributed by atoms with Crippen molar-refractivity contribution in [3.63, 3.8) is 0 Å². The Labute approximate surface area is 125 Å². The molecule has 2 aromatic rings. The molecule has 108 valence electrons. The van der Waals surface area contributed by atoms with Crippen LogP contribution in [0.15, 0.2) is 24.5 Å². The lowest BCUT2D eigenvalue weighted by molar-refractivity contribution is 0.751. The van der Waals surface area contributed by atoms with Gasteiger partial charge in [0.25, 0.3) is 0 Å². The first kappa shape index (κ1) is 14.9. The lowest BCUT2D eigenvalue weighted by Gasteiger charge is -2.19. The molecule has 5 heteroatoms. The first-order valence-corrected chi connectivity index (χ1v) is 7.40. The van der Waals surface area contributed by atoms with Crippen LogP contribution in [0.3, 0.4) is 0 Å². The zero-order valence-electron chi connectivity index (χ0n) is 12.3. The summed E-state index contributed by atoms with van der Waals surface area (Å²) in [6.07, 6.45) is 5.83. The van der Waals surface area contributed by atoms with Crippen LogP contribution in [0.1, 0.15) is 30.4 Å². The van der Waals surface area contributed by atoms with Crippen LogP contribution in [0.25, 0.3) is 0 Å². The summed E-state index contributed by atoms with van der Waals surface area (Å²) in [5.74, 6) is 2.49. The first-order valence-electron chi connectivity index (χ1n) is 6.87. The second kappa shape index (κ2) is 6.75. The number of aromatic nitrogens is 3. The summed E-state index contributed by atoms with van der Waals surface area (Å²) in [7, 11) is 4.03. The summed E-state index contributed by atoms with van der Waals surface area (Å²) < 4.78 is 2.02. The van der Waals surface area contributed by atoms with Gasteiger partial charge in [-0.2, -0.15) is 0 Å². The molecular weight excluding hydrogens is 272 g/mol. The highest BCUT2D eigenvalue weighted by Crippen LogP contribution is 2.18. The van der Waals surface area contributed by atoms with Gasteiger partial charge in [0.1, 0.15) is 11.6 Å². The average Bonchev–Trinajstić information content (AvgIpc) is 2.84. The monoisotopic (exact) mass is 292 g/mol. The topological polar surface area (TPSA) is 34.0 Å². The van der Waals surface area contributed by atoms with Crippen molar-refractivity contribution < 1.29 is 0 Å². The standard InChI is InChI=1S/C15H21ClN4/c1-4-5-13-8-12(10-16)9-14(18-13)20(3)11-15-17-6-7-19(15)2/h6-9H,4-5,10-11H2,1-3H3. The number of hydrogen-bond donors (Lipinski definition) is 0. The van der Waals surface area contributed by atoms with E-state index in [0.717, 1.165) is 42.3 Å². The molecule has 0 radical (unpaired) electrons. The van der Waals surface area contributed by atoms with Gasteiger partial charge in [0.2, 0.25) is 0 Å². The quantitative estimate of drug-likeness (QED) is 0.767. The third kappa shape index (κ3) is 3.51. The van der Waals surface area contributed by atoms with Gasteiger partial charge in [-0.3, -0.25) is 0 Å². The number of halogens is 1. The van der Waals surface area contributed by atoms with Crippen molar-refractivity contribution in [2.24, 2.45) is 7.05 Å². The largest absolute Gasteiger partial charge is 0.352 e. The molecule has 0 fully saturated rings. The lowest BCUT2D eigenvalue weighted by Crippen LogP contribution is -2.20. The molecule has 0 saturated carbocycles. The number of rotatable bonds is 6. The fourth-order valence-corrected chi connectivity index (χ4v) is 2.29. The number of nitrogens with zero attached hydrogens (tertiary/aromatic N) is 4. The molecule has 20 heavy (non-hydrogen) atoms. The van der Waals surface area contributed by atoms with E-state index in [0.29, 0.717) is 5.88 Å². The van der Waals surface area contributed by atoms with Crippen LogP contribution in [-0.2, 0) is 25.9 Å². The fraction of sp³-hybridized carbons (Fsp3) is 0.467. The van der Waals surface area contributed by atoms with Crippen molar-refractivity contribution in [1.29, 1.82) is 0 Å². The molecule has 2 rings (SSSR count). The van der Waals surface area contributed by atoms with E-state index in [1.54, 1.807) is 0 Å². The summed E-state index contributed by atoms with van der Waals surface area (Å²) in [5.41, 5.74) is 2.22. The molecule has 0 N–H and O–H groups in total. The van der Waals surface area contributed by atoms with Gasteiger partial charge in [-0.05, 0) is 24.1 Å². The Balaban J connectivity index is 2.22. The Morgan fingerprint density at radius 2 is 2.15 bits per heavy atom. The van der Waals surface area contributed by atoms with Crippen LogP contribution >= 0.6 is 11.6 Å². The predicted octanol–water partition coefficient (Wildman–Crippen LogP) is 3.14. The molecule has 4 nitrogen and oxygen atoms in total. The highest BCUT2D eigenvalue weighted by atomic mass is 35.5. The van der Waals surface area contributed by atoms with Gasteiger partial charge in [0, 0.05) is 38.1 Å². The van der Waals surface area contributed by atoms with Crippen LogP contribution < -0.4 is 4.90 Å². The second-order valence-corrected chi connectivity index (χ2v) is 5.29. The number of anilines is 1. The zero-order chi connectivity index (χ0) is 14.5. The number of alkyl halides is 1. The summed E-state index contributed by atoms with van der Waals surface area (Å²) in [6, 6.07) is 4.14. The highest BCUT2D eigenvalue weighted by Gasteiger charge is 2.09. The van der Waals surface area contributed by atoms with Gasteiger partial charge in [0.05, 0.1) is 6.54 Å². The summed E-state index contributed by atoms with van der Waals surface area (Å²) in [4.78, 5) is 11.2. The lowest BCUT2D eigenvalue weighted by atomic mass is 10.2. The minimum atomic E-state index is 0.516. The average molecular weight is 293 g/mol. The smallest absolute Gasteiger partial charge is 0.129 e. The Morgan fingerprint density at radius 3 is 2.75 bits per heavy atom. The third-order valence-electron chi connectivity index (χ3n) is 3.28. The van der Waals surface area contributed by atoms with Gasteiger partial charge in [-0.15, -0.1) is 11.6 Å². The number of pyridine rings is 1. The van der Waals surface area contributed by atoms with Gasteiger partial charge in [0.15, 0.2) is 0 Å². The molecule has 0 saturated heterocycles. The van der Waals surface area contributed by atoms with Crippen LogP contribution in [-0.4, -0.2) is 21.6 Å². The molecule has 0 aliphatic rings. The third-order valence-corrected chi connectivity index (χ3v) is 3.58. The Kier molecular flexibility index (Phi) is 5.01. The van der Waals surface area contributed by atoms with Crippen LogP contribution in [0.5, 0.6) is 0 Å². The van der Waals surface area contributed by atoms with Crippen LogP contribution in [0, 0.1) is 0 Å². The number of imidazole rings is 1. The van der Waals surface area contributed by atoms with Crippen LogP contribution in [0.2, 0.25) is 0 Å². The molecule has 0 unspecified atom stereocenters. The molecule has 0 aliphatic heterocycles. The van der Waals surface area contributed by atoms with E-state index in [1.807, 2.05) is 31.1 Å². The molecule has 0 aliphatic carbocycles. The van der Waals surface area contributed by atoms with E-state index in [9.17, 15) is 0 Å². The van der Waals surface area contributed by atoms with E-state index in [2.05, 4.69) is 28.9 Å². The molecule has 0 spiro atoms. The molecule has 0 amide bonds. The van der Waals surface area contributed by atoms with E-state index in [-0.39, 0.29) is 0 Å². The summed E-state index contributed by atoms with van der Waals surface area (Å²) in [5, 5.41) is 0. The Hall–Kier alpha value is -1.55. The van der Waals surface area contributed by atoms with Crippen molar-refractivity contribution in [3.8, 4) is 0 Å². The van der Waals surface area contributed by atoms with E-state index >= 15 is 0 Å². The molecule has 0 aromatic carbocycles. The molecule has 0 bridgehead atoms. The first-order chi connectivity index (χ1) is 9.63. The minimum Gasteiger partial charge on any atom is -0.352 e. The summed E-state index contributed by atoms with van der Waals surface area (Å²) >= 11 is 5.98. The molecule has 0 atom stereocenters. The Morgan fingerprint density at radius 1 is 1.35 bits per heavy atom. The minimum absolute atomic E-state index is 0.516. The molecule has 2 aromatic heterocycles. The molecule has 2 heterocycles. The summed E-state index contributed by atoms with van der Waals surface area (Å²) in [6.45, 7) is 2.89. The van der Waals surface area contributed by atoms with Gasteiger partial charge < -0.3 is 9.47 Å². The number of aryl methyl sites for hydroxylation is 2. The van der Waals surface area contributed by atoms with Crippen molar-refractivity contribution in [3.05, 3.63) is 41.6 Å². The van der Waals surface area contributed by atoms with Gasteiger partial charge in [-0.25, -0.2) is 9.97 Å². The van der Waals surface area contributed by atoms with Gasteiger partial charge >= 0.3 is 0 Å². The SMILES string of the molecule is CCCc1cc(CCl)cc(N(C)Cc2nccn2C)n1. The molecular formula is C15H21ClN4. The van der Waals surface area contributed by atoms with Crippen molar-refractivity contribution in [2.45, 2.75) is 32.2 Å². The van der Waals surface area contributed by atoms with Gasteiger partial charge in [-0.1, -0.05) is 13.3 Å². The highest BCUT2D eigenvalue weighted by molar-refractivity contribution is 6.17. The predicted molar refractivity (Wildman–Crippen MR) is 83.1 cm³/mol. The fourth-order valence-electron chi connectivity index (χ4n) is 2.13. The maximum atomic E-state index is 5.98. The van der Waals surface area contributed by atoms with E-state index < -0.39 is 0 Å². The Bertz CT molecular complexity index is 565.